The molecule has 100 valence electrons. The number of hydrogen-bond acceptors (Lipinski definition) is 1. The van der Waals surface area contributed by atoms with E-state index in [1.165, 1.54) is 0 Å². The monoisotopic (exact) mass is 257 g/mol. The Balaban J connectivity index is 2.00. The number of anilines is 1. The van der Waals surface area contributed by atoms with Crippen LogP contribution in [0.15, 0.2) is 24.3 Å². The molecule has 1 fully saturated rings. The molecule has 0 amide bonds. The van der Waals surface area contributed by atoms with Gasteiger partial charge in [-0.1, -0.05) is 24.6 Å². The van der Waals surface area contributed by atoms with Crippen molar-refractivity contribution in [3.8, 4) is 0 Å². The Labute approximate surface area is 105 Å². The van der Waals surface area contributed by atoms with Crippen molar-refractivity contribution in [2.75, 3.05) is 5.32 Å². The minimum atomic E-state index is -4.05. The van der Waals surface area contributed by atoms with Gasteiger partial charge < -0.3 is 5.32 Å². The predicted molar refractivity (Wildman–Crippen MR) is 66.6 cm³/mol. The minimum Gasteiger partial charge on any atom is -0.382 e. The Morgan fingerprint density at radius 1 is 1.17 bits per heavy atom. The van der Waals surface area contributed by atoms with E-state index in [1.807, 2.05) is 31.2 Å². The zero-order valence-electron chi connectivity index (χ0n) is 10.4. The lowest BCUT2D eigenvalue weighted by Crippen LogP contribution is -2.34. The van der Waals surface area contributed by atoms with Crippen LogP contribution in [-0.4, -0.2) is 12.2 Å². The first kappa shape index (κ1) is 13.2. The zero-order valence-corrected chi connectivity index (χ0v) is 10.4. The van der Waals surface area contributed by atoms with E-state index in [0.717, 1.165) is 17.7 Å². The average Bonchev–Trinajstić information content (AvgIpc) is 2.31. The van der Waals surface area contributed by atoms with Gasteiger partial charge in [0, 0.05) is 11.7 Å². The van der Waals surface area contributed by atoms with Crippen molar-refractivity contribution in [1.82, 2.24) is 0 Å². The Hall–Kier alpha value is -1.19. The number of hydrogen-bond donors (Lipinski definition) is 1. The van der Waals surface area contributed by atoms with Crippen molar-refractivity contribution in [2.45, 2.75) is 44.8 Å². The van der Waals surface area contributed by atoms with Crippen LogP contribution < -0.4 is 5.32 Å². The molecule has 0 heterocycles. The van der Waals surface area contributed by atoms with Gasteiger partial charge in [0.1, 0.15) is 0 Å². The summed E-state index contributed by atoms with van der Waals surface area (Å²) in [6.07, 6.45) is -2.12. The van der Waals surface area contributed by atoms with E-state index in [4.69, 9.17) is 0 Å². The highest BCUT2D eigenvalue weighted by Crippen LogP contribution is 2.38. The smallest absolute Gasteiger partial charge is 0.382 e. The van der Waals surface area contributed by atoms with Gasteiger partial charge in [0.15, 0.2) is 0 Å². The zero-order chi connectivity index (χ0) is 13.2. The molecular weight excluding hydrogens is 239 g/mol. The van der Waals surface area contributed by atoms with Gasteiger partial charge in [0.2, 0.25) is 0 Å². The highest BCUT2D eigenvalue weighted by atomic mass is 19.4. The molecule has 1 aliphatic rings. The summed E-state index contributed by atoms with van der Waals surface area (Å²) in [5.41, 5.74) is 2.02. The van der Waals surface area contributed by atoms with E-state index < -0.39 is 12.1 Å². The van der Waals surface area contributed by atoms with Crippen molar-refractivity contribution < 1.29 is 13.2 Å². The van der Waals surface area contributed by atoms with Gasteiger partial charge in [-0.15, -0.1) is 0 Å². The third-order valence-electron chi connectivity index (χ3n) is 3.64. The maximum atomic E-state index is 12.7. The number of para-hydroxylation sites is 1. The Morgan fingerprint density at radius 3 is 2.56 bits per heavy atom. The molecule has 18 heavy (non-hydrogen) atoms. The van der Waals surface area contributed by atoms with Crippen molar-refractivity contribution in [1.29, 1.82) is 0 Å². The lowest BCUT2D eigenvalue weighted by molar-refractivity contribution is -0.182. The van der Waals surface area contributed by atoms with Gasteiger partial charge in [-0.25, -0.2) is 0 Å². The molecular formula is C14H18F3N. The van der Waals surface area contributed by atoms with Crippen LogP contribution in [0.5, 0.6) is 0 Å². The predicted octanol–water partition coefficient (Wildman–Crippen LogP) is 4.53. The van der Waals surface area contributed by atoms with Crippen molar-refractivity contribution in [3.05, 3.63) is 29.8 Å². The van der Waals surface area contributed by atoms with Crippen LogP contribution >= 0.6 is 0 Å². The summed E-state index contributed by atoms with van der Waals surface area (Å²) >= 11 is 0. The normalized spacial score (nSPS) is 24.9. The minimum absolute atomic E-state index is 0.0634. The summed E-state index contributed by atoms with van der Waals surface area (Å²) < 4.78 is 38.1. The highest BCUT2D eigenvalue weighted by Gasteiger charge is 2.42. The van der Waals surface area contributed by atoms with Gasteiger partial charge in [-0.05, 0) is 37.8 Å². The fourth-order valence-corrected chi connectivity index (χ4v) is 2.57. The Morgan fingerprint density at radius 2 is 1.89 bits per heavy atom. The molecule has 2 rings (SSSR count). The summed E-state index contributed by atoms with van der Waals surface area (Å²) in [4.78, 5) is 0. The average molecular weight is 257 g/mol. The van der Waals surface area contributed by atoms with Crippen molar-refractivity contribution in [3.63, 3.8) is 0 Å². The van der Waals surface area contributed by atoms with Crippen LogP contribution in [0.4, 0.5) is 18.9 Å². The second-order valence-electron chi connectivity index (χ2n) is 5.06. The lowest BCUT2D eigenvalue weighted by Gasteiger charge is -2.32. The quantitative estimate of drug-likeness (QED) is 0.820. The van der Waals surface area contributed by atoms with Crippen LogP contribution in [0.25, 0.3) is 0 Å². The molecule has 0 aliphatic heterocycles. The second kappa shape index (κ2) is 5.21. The van der Waals surface area contributed by atoms with E-state index in [1.54, 1.807) is 0 Å². The van der Waals surface area contributed by atoms with Crippen molar-refractivity contribution >= 4 is 5.69 Å². The molecule has 1 aliphatic carbocycles. The van der Waals surface area contributed by atoms with E-state index >= 15 is 0 Å². The van der Waals surface area contributed by atoms with E-state index in [0.29, 0.717) is 6.42 Å². The topological polar surface area (TPSA) is 12.0 Å². The highest BCUT2D eigenvalue weighted by molar-refractivity contribution is 5.50. The molecule has 0 radical (unpaired) electrons. The fourth-order valence-electron chi connectivity index (χ4n) is 2.57. The van der Waals surface area contributed by atoms with Crippen LogP contribution in [0.1, 0.15) is 31.2 Å². The molecule has 1 N–H and O–H groups in total. The van der Waals surface area contributed by atoms with E-state index in [2.05, 4.69) is 5.32 Å². The number of aryl methyl sites for hydroxylation is 1. The first-order valence-corrected chi connectivity index (χ1v) is 6.35. The molecule has 0 bridgehead atoms. The molecule has 2 unspecified atom stereocenters. The number of benzene rings is 1. The third kappa shape index (κ3) is 3.18. The summed E-state index contributed by atoms with van der Waals surface area (Å²) in [7, 11) is 0. The van der Waals surface area contributed by atoms with Gasteiger partial charge in [0.05, 0.1) is 5.92 Å². The molecule has 1 aromatic carbocycles. The number of nitrogens with one attached hydrogen (secondary N) is 1. The number of alkyl halides is 3. The molecule has 0 spiro atoms. The van der Waals surface area contributed by atoms with Gasteiger partial charge in [0.25, 0.3) is 0 Å². The molecule has 1 nitrogen and oxygen atoms in total. The second-order valence-corrected chi connectivity index (χ2v) is 5.06. The first-order valence-electron chi connectivity index (χ1n) is 6.35. The molecule has 0 saturated heterocycles. The number of rotatable bonds is 2. The van der Waals surface area contributed by atoms with Crippen LogP contribution in [-0.2, 0) is 0 Å². The van der Waals surface area contributed by atoms with Crippen LogP contribution in [0.2, 0.25) is 0 Å². The summed E-state index contributed by atoms with van der Waals surface area (Å²) in [5, 5.41) is 3.25. The van der Waals surface area contributed by atoms with Crippen LogP contribution in [0, 0.1) is 12.8 Å². The SMILES string of the molecule is Cc1ccccc1NC1CCCC(C(F)(F)F)C1. The van der Waals surface area contributed by atoms with Gasteiger partial charge >= 0.3 is 6.18 Å². The molecule has 0 aromatic heterocycles. The standard InChI is InChI=1S/C14H18F3N/c1-10-5-2-3-8-13(10)18-12-7-4-6-11(9-12)14(15,16)17/h2-3,5,8,11-12,18H,4,6-7,9H2,1H3. The molecule has 1 aromatic rings. The molecule has 1 saturated carbocycles. The molecule has 4 heteroatoms. The maximum absolute atomic E-state index is 12.7. The van der Waals surface area contributed by atoms with Gasteiger partial charge in [-0.3, -0.25) is 0 Å². The third-order valence-corrected chi connectivity index (χ3v) is 3.64. The van der Waals surface area contributed by atoms with Gasteiger partial charge in [-0.2, -0.15) is 13.2 Å². The summed E-state index contributed by atoms with van der Waals surface area (Å²) in [5.74, 6) is -1.15. The lowest BCUT2D eigenvalue weighted by atomic mass is 9.85. The van der Waals surface area contributed by atoms with Crippen LogP contribution in [0.3, 0.4) is 0 Å². The fraction of sp³-hybridized carbons (Fsp3) is 0.571. The first-order chi connectivity index (χ1) is 8.47. The van der Waals surface area contributed by atoms with Crippen molar-refractivity contribution in [2.24, 2.45) is 5.92 Å². The van der Waals surface area contributed by atoms with E-state index in [-0.39, 0.29) is 18.9 Å². The van der Waals surface area contributed by atoms with E-state index in [9.17, 15) is 13.2 Å². The summed E-state index contributed by atoms with van der Waals surface area (Å²) in [6.45, 7) is 1.96. The summed E-state index contributed by atoms with van der Waals surface area (Å²) in [6, 6.07) is 7.66. The Kier molecular flexibility index (Phi) is 3.83. The largest absolute Gasteiger partial charge is 0.391 e. The Bertz CT molecular complexity index is 400. The maximum Gasteiger partial charge on any atom is 0.391 e. The molecule has 2 atom stereocenters. The number of halogens is 3.